The van der Waals surface area contributed by atoms with E-state index in [1.807, 2.05) is 0 Å². The predicted molar refractivity (Wildman–Crippen MR) is 121 cm³/mol. The molecule has 3 aromatic rings. The molecule has 0 spiro atoms. The SMILES string of the molecule is CC(C)CCCS(=O)(=O)Nc1cn2nc(-c3ccc(F)cc3)c(C(=O)O)c2cc1C1CC1. The van der Waals surface area contributed by atoms with Crippen LogP contribution in [-0.4, -0.2) is 34.9 Å². The molecule has 2 heterocycles. The van der Waals surface area contributed by atoms with Gasteiger partial charge in [-0.25, -0.2) is 22.1 Å². The van der Waals surface area contributed by atoms with Crippen molar-refractivity contribution in [1.82, 2.24) is 9.61 Å². The van der Waals surface area contributed by atoms with E-state index >= 15 is 0 Å². The zero-order valence-electron chi connectivity index (χ0n) is 18.0. The smallest absolute Gasteiger partial charge is 0.340 e. The van der Waals surface area contributed by atoms with Crippen molar-refractivity contribution in [3.63, 3.8) is 0 Å². The molecule has 0 saturated heterocycles. The zero-order valence-corrected chi connectivity index (χ0v) is 18.8. The van der Waals surface area contributed by atoms with Crippen molar-refractivity contribution in [3.8, 4) is 11.3 Å². The van der Waals surface area contributed by atoms with Gasteiger partial charge in [-0.1, -0.05) is 13.8 Å². The topological polar surface area (TPSA) is 101 Å². The minimum absolute atomic E-state index is 0.00449. The number of sulfonamides is 1. The van der Waals surface area contributed by atoms with E-state index < -0.39 is 21.8 Å². The molecule has 7 nitrogen and oxygen atoms in total. The molecule has 0 bridgehead atoms. The van der Waals surface area contributed by atoms with Gasteiger partial charge in [0, 0.05) is 5.56 Å². The molecule has 9 heteroatoms. The van der Waals surface area contributed by atoms with Gasteiger partial charge < -0.3 is 5.11 Å². The third-order valence-electron chi connectivity index (χ3n) is 5.61. The largest absolute Gasteiger partial charge is 0.478 e. The Hall–Kier alpha value is -2.94. The van der Waals surface area contributed by atoms with Crippen molar-refractivity contribution in [2.75, 3.05) is 10.5 Å². The molecule has 0 aliphatic heterocycles. The van der Waals surface area contributed by atoms with Crippen molar-refractivity contribution < 1.29 is 22.7 Å². The highest BCUT2D eigenvalue weighted by atomic mass is 32.2. The Morgan fingerprint density at radius 1 is 1.28 bits per heavy atom. The maximum atomic E-state index is 13.4. The van der Waals surface area contributed by atoms with Gasteiger partial charge in [0.15, 0.2) is 0 Å². The molecule has 170 valence electrons. The highest BCUT2D eigenvalue weighted by molar-refractivity contribution is 7.92. The monoisotopic (exact) mass is 459 g/mol. The predicted octanol–water partition coefficient (Wildman–Crippen LogP) is 4.89. The minimum Gasteiger partial charge on any atom is -0.478 e. The summed E-state index contributed by atoms with van der Waals surface area (Å²) in [7, 11) is -3.55. The van der Waals surface area contributed by atoms with Crippen molar-refractivity contribution in [1.29, 1.82) is 0 Å². The van der Waals surface area contributed by atoms with Crippen LogP contribution in [0.2, 0.25) is 0 Å². The zero-order chi connectivity index (χ0) is 23.0. The Balaban J connectivity index is 1.77. The molecule has 1 saturated carbocycles. The average Bonchev–Trinajstić information content (AvgIpc) is 3.47. The number of carboxylic acid groups (broad SMARTS) is 1. The highest BCUT2D eigenvalue weighted by Gasteiger charge is 2.30. The summed E-state index contributed by atoms with van der Waals surface area (Å²) in [6.07, 6.45) is 4.76. The number of aromatic carboxylic acids is 1. The van der Waals surface area contributed by atoms with Gasteiger partial charge in [-0.15, -0.1) is 0 Å². The number of carbonyl (C=O) groups is 1. The number of aromatic nitrogens is 2. The molecule has 0 radical (unpaired) electrons. The number of fused-ring (bicyclic) bond motifs is 1. The molecule has 0 unspecified atom stereocenters. The number of carboxylic acids is 1. The van der Waals surface area contributed by atoms with Crippen LogP contribution in [0.4, 0.5) is 10.1 Å². The van der Waals surface area contributed by atoms with Gasteiger partial charge in [-0.2, -0.15) is 5.10 Å². The first-order valence-corrected chi connectivity index (χ1v) is 12.4. The van der Waals surface area contributed by atoms with E-state index in [-0.39, 0.29) is 22.9 Å². The van der Waals surface area contributed by atoms with Gasteiger partial charge in [0.1, 0.15) is 17.1 Å². The molecular formula is C23H26FN3O4S. The number of benzene rings is 1. The van der Waals surface area contributed by atoms with Crippen molar-refractivity contribution in [3.05, 3.63) is 53.5 Å². The highest BCUT2D eigenvalue weighted by Crippen LogP contribution is 2.45. The van der Waals surface area contributed by atoms with E-state index in [1.54, 1.807) is 12.3 Å². The lowest BCUT2D eigenvalue weighted by Gasteiger charge is -2.13. The average molecular weight is 460 g/mol. The first-order chi connectivity index (χ1) is 15.1. The number of hydrogen-bond acceptors (Lipinski definition) is 4. The fraction of sp³-hybridized carbons (Fsp3) is 0.391. The third kappa shape index (κ3) is 4.77. The summed E-state index contributed by atoms with van der Waals surface area (Å²) in [5.41, 5.74) is 2.26. The first-order valence-electron chi connectivity index (χ1n) is 10.7. The van der Waals surface area contributed by atoms with E-state index in [4.69, 9.17) is 0 Å². The maximum absolute atomic E-state index is 13.4. The molecule has 1 aliphatic carbocycles. The molecule has 1 aromatic carbocycles. The van der Waals surface area contributed by atoms with E-state index in [1.165, 1.54) is 28.8 Å². The Kier molecular flexibility index (Phi) is 5.94. The van der Waals surface area contributed by atoms with Gasteiger partial charge in [0.05, 0.1) is 23.2 Å². The molecular weight excluding hydrogens is 433 g/mol. The molecule has 1 aliphatic rings. The van der Waals surface area contributed by atoms with Crippen LogP contribution in [0, 0.1) is 11.7 Å². The second-order valence-electron chi connectivity index (χ2n) is 8.74. The van der Waals surface area contributed by atoms with Gasteiger partial charge >= 0.3 is 5.97 Å². The molecule has 2 N–H and O–H groups in total. The van der Waals surface area contributed by atoms with Gasteiger partial charge in [-0.3, -0.25) is 4.72 Å². The second kappa shape index (κ2) is 8.54. The van der Waals surface area contributed by atoms with Crippen LogP contribution in [0.3, 0.4) is 0 Å². The summed E-state index contributed by atoms with van der Waals surface area (Å²) in [5, 5.41) is 14.3. The molecule has 2 aromatic heterocycles. The number of anilines is 1. The number of halogens is 1. The summed E-state index contributed by atoms with van der Waals surface area (Å²) < 4.78 is 42.8. The molecule has 0 amide bonds. The lowest BCUT2D eigenvalue weighted by Crippen LogP contribution is -2.18. The Labute approximate surface area is 186 Å². The molecule has 1 fully saturated rings. The fourth-order valence-electron chi connectivity index (χ4n) is 3.84. The fourth-order valence-corrected chi connectivity index (χ4v) is 5.00. The maximum Gasteiger partial charge on any atom is 0.340 e. The van der Waals surface area contributed by atoms with E-state index in [0.29, 0.717) is 29.1 Å². The number of hydrogen-bond donors (Lipinski definition) is 2. The van der Waals surface area contributed by atoms with Gasteiger partial charge in [0.25, 0.3) is 0 Å². The number of pyridine rings is 1. The van der Waals surface area contributed by atoms with Crippen LogP contribution in [0.25, 0.3) is 16.8 Å². The summed E-state index contributed by atoms with van der Waals surface area (Å²) >= 11 is 0. The van der Waals surface area contributed by atoms with Crippen LogP contribution >= 0.6 is 0 Å². The van der Waals surface area contributed by atoms with E-state index in [9.17, 15) is 22.7 Å². The molecule has 32 heavy (non-hydrogen) atoms. The summed E-state index contributed by atoms with van der Waals surface area (Å²) in [5.74, 6) is -0.956. The van der Waals surface area contributed by atoms with Gasteiger partial charge in [0.2, 0.25) is 10.0 Å². The normalized spacial score (nSPS) is 14.2. The summed E-state index contributed by atoms with van der Waals surface area (Å²) in [4.78, 5) is 12.1. The van der Waals surface area contributed by atoms with Gasteiger partial charge in [-0.05, 0) is 73.4 Å². The molecule has 0 atom stereocenters. The number of nitrogens with zero attached hydrogens (tertiary/aromatic N) is 2. The summed E-state index contributed by atoms with van der Waals surface area (Å²) in [6.45, 7) is 4.10. The Bertz CT molecular complexity index is 1260. The van der Waals surface area contributed by atoms with Crippen LogP contribution in [0.5, 0.6) is 0 Å². The van der Waals surface area contributed by atoms with Crippen LogP contribution in [0.15, 0.2) is 36.5 Å². The Morgan fingerprint density at radius 3 is 2.56 bits per heavy atom. The van der Waals surface area contributed by atoms with E-state index in [0.717, 1.165) is 24.8 Å². The lowest BCUT2D eigenvalue weighted by molar-refractivity contribution is 0.0699. The van der Waals surface area contributed by atoms with E-state index in [2.05, 4.69) is 23.7 Å². The molecule has 4 rings (SSSR count). The van der Waals surface area contributed by atoms with Crippen LogP contribution < -0.4 is 4.72 Å². The Morgan fingerprint density at radius 2 is 1.97 bits per heavy atom. The first kappa shape index (κ1) is 22.3. The van der Waals surface area contributed by atoms with Crippen molar-refractivity contribution in [2.45, 2.75) is 45.4 Å². The quantitative estimate of drug-likeness (QED) is 0.474. The van der Waals surface area contributed by atoms with Crippen molar-refractivity contribution in [2.24, 2.45) is 5.92 Å². The summed E-state index contributed by atoms with van der Waals surface area (Å²) in [6, 6.07) is 7.16. The van der Waals surface area contributed by atoms with Crippen LogP contribution in [0.1, 0.15) is 61.4 Å². The second-order valence-corrected chi connectivity index (χ2v) is 10.6. The lowest BCUT2D eigenvalue weighted by atomic mass is 10.0. The number of rotatable bonds is 9. The number of nitrogens with one attached hydrogen (secondary N) is 1. The van der Waals surface area contributed by atoms with Crippen molar-refractivity contribution >= 4 is 27.2 Å². The third-order valence-corrected chi connectivity index (χ3v) is 6.97. The van der Waals surface area contributed by atoms with Crippen LogP contribution in [-0.2, 0) is 10.0 Å². The minimum atomic E-state index is -3.55. The standard InChI is InChI=1S/C23H26FN3O4S/c1-14(2)4-3-11-32(30,31)26-19-13-27-20(12-18(19)15-5-6-15)21(23(28)29)22(25-27)16-7-9-17(24)10-8-16/h7-10,12-15,26H,3-6,11H2,1-2H3,(H,28,29).